The van der Waals surface area contributed by atoms with E-state index in [1.807, 2.05) is 12.1 Å². The van der Waals surface area contributed by atoms with Gasteiger partial charge in [-0.25, -0.2) is 4.79 Å². The molecule has 3 rings (SSSR count). The maximum atomic E-state index is 11.2. The molecule has 3 nitrogen and oxygen atoms in total. The third-order valence-corrected chi connectivity index (χ3v) is 5.74. The third kappa shape index (κ3) is 2.50. The Kier molecular flexibility index (Phi) is 4.28. The van der Waals surface area contributed by atoms with Crippen molar-refractivity contribution >= 4 is 17.4 Å². The van der Waals surface area contributed by atoms with E-state index in [0.29, 0.717) is 5.56 Å². The maximum absolute atomic E-state index is 11.2. The second-order valence-corrected chi connectivity index (χ2v) is 6.95. The van der Waals surface area contributed by atoms with Gasteiger partial charge < -0.3 is 5.11 Å². The van der Waals surface area contributed by atoms with Crippen LogP contribution in [0.4, 0.5) is 5.69 Å². The van der Waals surface area contributed by atoms with Gasteiger partial charge in [0.15, 0.2) is 0 Å². The smallest absolute Gasteiger partial charge is 0.335 e. The first-order valence-electron chi connectivity index (χ1n) is 8.89. The molecule has 25 heavy (non-hydrogen) atoms. The van der Waals surface area contributed by atoms with Gasteiger partial charge in [-0.3, -0.25) is 4.99 Å². The third-order valence-electron chi connectivity index (χ3n) is 5.74. The minimum atomic E-state index is -0.897. The molecular weight excluding hydrogens is 310 g/mol. The van der Waals surface area contributed by atoms with Crippen molar-refractivity contribution in [1.29, 1.82) is 0 Å². The number of carboxylic acids is 1. The summed E-state index contributed by atoms with van der Waals surface area (Å²) in [4.78, 5) is 16.0. The summed E-state index contributed by atoms with van der Waals surface area (Å²) in [6, 6.07) is 9.46. The molecular formula is C22H25NO2. The summed E-state index contributed by atoms with van der Waals surface area (Å²) in [5.74, 6) is -0.897. The van der Waals surface area contributed by atoms with E-state index in [4.69, 9.17) is 10.1 Å². The molecule has 0 amide bonds. The van der Waals surface area contributed by atoms with E-state index in [-0.39, 0.29) is 5.41 Å². The molecule has 0 aromatic heterocycles. The minimum Gasteiger partial charge on any atom is -0.478 e. The molecule has 2 aromatic carbocycles. The van der Waals surface area contributed by atoms with Crippen molar-refractivity contribution in [1.82, 2.24) is 0 Å². The number of aliphatic imine (C=N–C) groups is 1. The SMILES string of the molecule is CCc1cc2c(c(C)c1CC)C(C)(c1ccc(C(=O)O)cc1)C(C)=N2. The molecule has 1 unspecified atom stereocenters. The number of carboxylic acid groups (broad SMARTS) is 1. The van der Waals surface area contributed by atoms with E-state index < -0.39 is 5.97 Å². The first kappa shape index (κ1) is 17.4. The Morgan fingerprint density at radius 1 is 1.12 bits per heavy atom. The van der Waals surface area contributed by atoms with E-state index in [2.05, 4.69) is 40.7 Å². The Balaban J connectivity index is 2.23. The first-order chi connectivity index (χ1) is 11.8. The predicted molar refractivity (Wildman–Crippen MR) is 103 cm³/mol. The van der Waals surface area contributed by atoms with Gasteiger partial charge in [0, 0.05) is 5.71 Å². The monoisotopic (exact) mass is 335 g/mol. The van der Waals surface area contributed by atoms with Crippen molar-refractivity contribution in [3.63, 3.8) is 0 Å². The molecule has 0 aliphatic carbocycles. The average Bonchev–Trinajstić information content (AvgIpc) is 2.86. The van der Waals surface area contributed by atoms with Crippen LogP contribution in [0.1, 0.15) is 65.9 Å². The highest BCUT2D eigenvalue weighted by Crippen LogP contribution is 2.48. The number of fused-ring (bicyclic) bond motifs is 1. The molecule has 0 spiro atoms. The van der Waals surface area contributed by atoms with Crippen LogP contribution in [0.15, 0.2) is 35.3 Å². The molecule has 1 heterocycles. The van der Waals surface area contributed by atoms with Gasteiger partial charge >= 0.3 is 5.97 Å². The number of hydrogen-bond acceptors (Lipinski definition) is 2. The van der Waals surface area contributed by atoms with E-state index >= 15 is 0 Å². The molecule has 1 aliphatic rings. The number of carbonyl (C=O) groups is 1. The molecule has 130 valence electrons. The number of rotatable bonds is 4. The molecule has 0 saturated heterocycles. The van der Waals surface area contributed by atoms with Gasteiger partial charge in [-0.1, -0.05) is 26.0 Å². The van der Waals surface area contributed by atoms with Crippen LogP contribution < -0.4 is 0 Å². The number of nitrogens with zero attached hydrogens (tertiary/aromatic N) is 1. The van der Waals surface area contributed by atoms with Gasteiger partial charge in [-0.2, -0.15) is 0 Å². The molecule has 0 bridgehead atoms. The van der Waals surface area contributed by atoms with Gasteiger partial charge in [0.2, 0.25) is 0 Å². The van der Waals surface area contributed by atoms with Crippen molar-refractivity contribution in [2.45, 2.75) is 52.9 Å². The lowest BCUT2D eigenvalue weighted by atomic mass is 9.71. The molecule has 0 fully saturated rings. The summed E-state index contributed by atoms with van der Waals surface area (Å²) in [6.45, 7) is 10.9. The summed E-state index contributed by atoms with van der Waals surface area (Å²) < 4.78 is 0. The largest absolute Gasteiger partial charge is 0.478 e. The summed E-state index contributed by atoms with van der Waals surface area (Å²) in [6.07, 6.45) is 2.02. The van der Waals surface area contributed by atoms with Crippen molar-refractivity contribution in [3.05, 3.63) is 63.7 Å². The van der Waals surface area contributed by atoms with Gasteiger partial charge in [-0.15, -0.1) is 0 Å². The van der Waals surface area contributed by atoms with Gasteiger partial charge in [0.1, 0.15) is 0 Å². The zero-order chi connectivity index (χ0) is 18.4. The van der Waals surface area contributed by atoms with Gasteiger partial charge in [0.25, 0.3) is 0 Å². The average molecular weight is 335 g/mol. The molecule has 2 aromatic rings. The second-order valence-electron chi connectivity index (χ2n) is 6.95. The van der Waals surface area contributed by atoms with Crippen molar-refractivity contribution in [2.24, 2.45) is 4.99 Å². The fourth-order valence-electron chi connectivity index (χ4n) is 4.21. The van der Waals surface area contributed by atoms with E-state index in [1.54, 1.807) is 12.1 Å². The van der Waals surface area contributed by atoms with Gasteiger partial charge in [0.05, 0.1) is 16.7 Å². The van der Waals surface area contributed by atoms with Crippen LogP contribution in [0.3, 0.4) is 0 Å². The summed E-state index contributed by atoms with van der Waals surface area (Å²) in [5, 5.41) is 9.16. The number of aromatic carboxylic acids is 1. The molecule has 1 atom stereocenters. The zero-order valence-corrected chi connectivity index (χ0v) is 15.6. The van der Waals surface area contributed by atoms with Crippen LogP contribution in [0.25, 0.3) is 0 Å². The van der Waals surface area contributed by atoms with Crippen LogP contribution in [0.5, 0.6) is 0 Å². The minimum absolute atomic E-state index is 0.312. The lowest BCUT2D eigenvalue weighted by Crippen LogP contribution is -2.30. The number of hydrogen-bond donors (Lipinski definition) is 1. The standard InChI is InChI=1S/C22H25NO2/c1-6-15-12-19-20(13(3)18(15)7-2)22(5,14(4)23-19)17-10-8-16(9-11-17)21(24)25/h8-12H,6-7H2,1-5H3,(H,24,25). The predicted octanol–water partition coefficient (Wildman–Crippen LogP) is 5.23. The van der Waals surface area contributed by atoms with Crippen LogP contribution in [-0.4, -0.2) is 16.8 Å². The highest BCUT2D eigenvalue weighted by Gasteiger charge is 2.40. The van der Waals surface area contributed by atoms with Crippen molar-refractivity contribution in [2.75, 3.05) is 0 Å². The van der Waals surface area contributed by atoms with Gasteiger partial charge in [-0.05, 0) is 79.6 Å². The number of benzene rings is 2. The lowest BCUT2D eigenvalue weighted by molar-refractivity contribution is 0.0697. The fourth-order valence-corrected chi connectivity index (χ4v) is 4.21. The van der Waals surface area contributed by atoms with E-state index in [0.717, 1.165) is 29.8 Å². The summed E-state index contributed by atoms with van der Waals surface area (Å²) in [7, 11) is 0. The topological polar surface area (TPSA) is 49.7 Å². The zero-order valence-electron chi connectivity index (χ0n) is 15.6. The fraction of sp³-hybridized carbons (Fsp3) is 0.364. The Morgan fingerprint density at radius 3 is 2.28 bits per heavy atom. The molecule has 3 heteroatoms. The quantitative estimate of drug-likeness (QED) is 0.831. The van der Waals surface area contributed by atoms with Crippen LogP contribution in [0, 0.1) is 6.92 Å². The second kappa shape index (κ2) is 6.14. The normalized spacial score (nSPS) is 18.8. The maximum Gasteiger partial charge on any atom is 0.335 e. The Bertz CT molecular complexity index is 878. The molecule has 0 radical (unpaired) electrons. The highest BCUT2D eigenvalue weighted by molar-refractivity contribution is 6.03. The van der Waals surface area contributed by atoms with Crippen molar-refractivity contribution in [3.8, 4) is 0 Å². The molecule has 0 saturated carbocycles. The molecule has 1 N–H and O–H groups in total. The Morgan fingerprint density at radius 2 is 1.76 bits per heavy atom. The van der Waals surface area contributed by atoms with Crippen LogP contribution in [-0.2, 0) is 18.3 Å². The van der Waals surface area contributed by atoms with E-state index in [1.165, 1.54) is 22.3 Å². The first-order valence-corrected chi connectivity index (χ1v) is 8.89. The van der Waals surface area contributed by atoms with Crippen LogP contribution in [0.2, 0.25) is 0 Å². The number of aryl methyl sites for hydroxylation is 1. The highest BCUT2D eigenvalue weighted by atomic mass is 16.4. The van der Waals surface area contributed by atoms with Crippen molar-refractivity contribution < 1.29 is 9.90 Å². The molecule has 1 aliphatic heterocycles. The Labute approximate surface area is 149 Å². The lowest BCUT2D eigenvalue weighted by Gasteiger charge is -2.30. The Hall–Kier alpha value is -2.42. The van der Waals surface area contributed by atoms with E-state index in [9.17, 15) is 4.79 Å². The summed E-state index contributed by atoms with van der Waals surface area (Å²) >= 11 is 0. The summed E-state index contributed by atoms with van der Waals surface area (Å²) in [5.41, 5.74) is 8.59. The van der Waals surface area contributed by atoms with Crippen LogP contribution >= 0.6 is 0 Å².